The number of nitrogens with zero attached hydrogens (tertiary/aromatic N) is 1. The molecule has 1 aromatic carbocycles. The van der Waals surface area contributed by atoms with Crippen LogP contribution in [0.2, 0.25) is 0 Å². The average Bonchev–Trinajstić information content (AvgIpc) is 2.27. The van der Waals surface area contributed by atoms with Gasteiger partial charge in [-0.2, -0.15) is 0 Å². The van der Waals surface area contributed by atoms with Crippen molar-refractivity contribution in [3.8, 4) is 0 Å². The van der Waals surface area contributed by atoms with E-state index in [1.165, 1.54) is 22.0 Å². The van der Waals surface area contributed by atoms with Crippen LogP contribution in [0.3, 0.4) is 0 Å². The second kappa shape index (κ2) is 4.01. The van der Waals surface area contributed by atoms with Gasteiger partial charge >= 0.3 is 0 Å². The van der Waals surface area contributed by atoms with Gasteiger partial charge in [-0.1, -0.05) is 39.0 Å². The van der Waals surface area contributed by atoms with Crippen LogP contribution in [0.1, 0.15) is 37.8 Å². The first-order chi connectivity index (χ1) is 7.24. The molecule has 0 bridgehead atoms. The van der Waals surface area contributed by atoms with Crippen molar-refractivity contribution in [2.75, 3.05) is 0 Å². The van der Waals surface area contributed by atoms with Gasteiger partial charge in [0.05, 0.1) is 5.52 Å². The number of pyridine rings is 1. The van der Waals surface area contributed by atoms with E-state index in [0.29, 0.717) is 5.92 Å². The Balaban J connectivity index is 2.76. The molecule has 1 aromatic heterocycles. The fourth-order valence-corrected chi connectivity index (χ4v) is 2.03. The maximum absolute atomic E-state index is 4.51. The summed E-state index contributed by atoms with van der Waals surface area (Å²) in [7, 11) is 0. The highest BCUT2D eigenvalue weighted by molar-refractivity contribution is 5.85. The quantitative estimate of drug-likeness (QED) is 0.714. The third-order valence-electron chi connectivity index (χ3n) is 2.90. The van der Waals surface area contributed by atoms with Crippen molar-refractivity contribution in [1.29, 1.82) is 0 Å². The number of aryl methyl sites for hydroxylation is 1. The van der Waals surface area contributed by atoms with Crippen LogP contribution in [0, 0.1) is 0 Å². The molecule has 2 rings (SSSR count). The molecule has 0 saturated carbocycles. The van der Waals surface area contributed by atoms with Gasteiger partial charge in [-0.25, -0.2) is 0 Å². The molecule has 1 nitrogen and oxygen atoms in total. The monoisotopic (exact) mass is 199 g/mol. The molecule has 0 aliphatic rings. The van der Waals surface area contributed by atoms with E-state index in [2.05, 4.69) is 50.0 Å². The summed E-state index contributed by atoms with van der Waals surface area (Å²) < 4.78 is 0. The molecule has 0 aliphatic carbocycles. The Kier molecular flexibility index (Phi) is 2.72. The van der Waals surface area contributed by atoms with Crippen molar-refractivity contribution in [3.63, 3.8) is 0 Å². The first kappa shape index (κ1) is 10.2. The van der Waals surface area contributed by atoms with Crippen molar-refractivity contribution >= 4 is 10.9 Å². The lowest BCUT2D eigenvalue weighted by molar-refractivity contribution is 0.872. The Morgan fingerprint density at radius 2 is 2.00 bits per heavy atom. The van der Waals surface area contributed by atoms with Crippen LogP contribution in [-0.4, -0.2) is 4.98 Å². The highest BCUT2D eigenvalue weighted by atomic mass is 14.7. The van der Waals surface area contributed by atoms with Crippen LogP contribution in [-0.2, 0) is 6.42 Å². The molecular formula is C14H17N. The predicted octanol–water partition coefficient (Wildman–Crippen LogP) is 3.92. The van der Waals surface area contributed by atoms with E-state index in [9.17, 15) is 0 Å². The normalized spacial score (nSPS) is 11.2. The van der Waals surface area contributed by atoms with Crippen LogP contribution in [0.25, 0.3) is 10.9 Å². The Morgan fingerprint density at radius 3 is 2.67 bits per heavy atom. The largest absolute Gasteiger partial charge is 0.256 e. The van der Waals surface area contributed by atoms with Crippen molar-refractivity contribution in [1.82, 2.24) is 4.98 Å². The second-order valence-corrected chi connectivity index (χ2v) is 4.22. The Bertz CT molecular complexity index is 472. The number of hydrogen-bond donors (Lipinski definition) is 0. The standard InChI is InChI=1S/C14H17N/c1-4-11-8-9-15-14-12(10(2)3)6-5-7-13(11)14/h5-10H,4H2,1-3H3. The molecule has 0 fully saturated rings. The molecule has 0 aliphatic heterocycles. The fraction of sp³-hybridized carbons (Fsp3) is 0.357. The summed E-state index contributed by atoms with van der Waals surface area (Å²) in [6.45, 7) is 6.63. The summed E-state index contributed by atoms with van der Waals surface area (Å²) in [6, 6.07) is 8.61. The minimum absolute atomic E-state index is 0.535. The summed E-state index contributed by atoms with van der Waals surface area (Å²) in [5, 5.41) is 1.31. The highest BCUT2D eigenvalue weighted by Crippen LogP contribution is 2.25. The zero-order valence-corrected chi connectivity index (χ0v) is 9.62. The van der Waals surface area contributed by atoms with Gasteiger partial charge in [0.2, 0.25) is 0 Å². The molecule has 15 heavy (non-hydrogen) atoms. The maximum atomic E-state index is 4.51. The van der Waals surface area contributed by atoms with Crippen molar-refractivity contribution in [2.45, 2.75) is 33.1 Å². The van der Waals surface area contributed by atoms with E-state index >= 15 is 0 Å². The van der Waals surface area contributed by atoms with Crippen molar-refractivity contribution in [3.05, 3.63) is 41.6 Å². The summed E-state index contributed by atoms with van der Waals surface area (Å²) in [5.41, 5.74) is 3.91. The molecular weight excluding hydrogens is 182 g/mol. The molecule has 78 valence electrons. The second-order valence-electron chi connectivity index (χ2n) is 4.22. The molecule has 0 atom stereocenters. The fourth-order valence-electron chi connectivity index (χ4n) is 2.03. The molecule has 1 heteroatoms. The van der Waals surface area contributed by atoms with Crippen molar-refractivity contribution < 1.29 is 0 Å². The average molecular weight is 199 g/mol. The molecule has 1 heterocycles. The van der Waals surface area contributed by atoms with E-state index < -0.39 is 0 Å². The maximum Gasteiger partial charge on any atom is 0.0739 e. The molecule has 2 aromatic rings. The van der Waals surface area contributed by atoms with Crippen LogP contribution < -0.4 is 0 Å². The Morgan fingerprint density at radius 1 is 1.20 bits per heavy atom. The summed E-state index contributed by atoms with van der Waals surface area (Å²) in [5.74, 6) is 0.535. The van der Waals surface area contributed by atoms with Gasteiger partial charge in [-0.15, -0.1) is 0 Å². The van der Waals surface area contributed by atoms with Gasteiger partial charge in [0.15, 0.2) is 0 Å². The molecule has 0 amide bonds. The number of aromatic nitrogens is 1. The minimum atomic E-state index is 0.535. The van der Waals surface area contributed by atoms with Crippen molar-refractivity contribution in [2.24, 2.45) is 0 Å². The number of benzene rings is 1. The molecule has 0 unspecified atom stereocenters. The van der Waals surface area contributed by atoms with Gasteiger partial charge in [0.25, 0.3) is 0 Å². The summed E-state index contributed by atoms with van der Waals surface area (Å²) >= 11 is 0. The van der Waals surface area contributed by atoms with Crippen LogP contribution in [0.15, 0.2) is 30.5 Å². The molecule has 0 N–H and O–H groups in total. The van der Waals surface area contributed by atoms with Crippen LogP contribution in [0.4, 0.5) is 0 Å². The highest BCUT2D eigenvalue weighted by Gasteiger charge is 2.07. The molecule has 0 saturated heterocycles. The van der Waals surface area contributed by atoms with E-state index in [4.69, 9.17) is 0 Å². The third-order valence-corrected chi connectivity index (χ3v) is 2.90. The van der Waals surface area contributed by atoms with E-state index in [1.807, 2.05) is 6.20 Å². The number of rotatable bonds is 2. The Hall–Kier alpha value is -1.37. The third kappa shape index (κ3) is 1.74. The SMILES string of the molecule is CCc1ccnc2c(C(C)C)cccc12. The van der Waals surface area contributed by atoms with Gasteiger partial charge in [0, 0.05) is 11.6 Å². The van der Waals surface area contributed by atoms with E-state index in [1.54, 1.807) is 0 Å². The first-order valence-electron chi connectivity index (χ1n) is 5.60. The lowest BCUT2D eigenvalue weighted by atomic mass is 9.97. The van der Waals surface area contributed by atoms with Gasteiger partial charge in [0.1, 0.15) is 0 Å². The zero-order chi connectivity index (χ0) is 10.8. The minimum Gasteiger partial charge on any atom is -0.256 e. The van der Waals surface area contributed by atoms with Crippen LogP contribution in [0.5, 0.6) is 0 Å². The number of fused-ring (bicyclic) bond motifs is 1. The van der Waals surface area contributed by atoms with Gasteiger partial charge < -0.3 is 0 Å². The lowest BCUT2D eigenvalue weighted by Crippen LogP contribution is -1.94. The number of hydrogen-bond acceptors (Lipinski definition) is 1. The van der Waals surface area contributed by atoms with Gasteiger partial charge in [-0.3, -0.25) is 4.98 Å². The van der Waals surface area contributed by atoms with E-state index in [0.717, 1.165) is 6.42 Å². The molecule has 0 radical (unpaired) electrons. The molecule has 0 spiro atoms. The summed E-state index contributed by atoms with van der Waals surface area (Å²) in [4.78, 5) is 4.51. The first-order valence-corrected chi connectivity index (χ1v) is 5.60. The summed E-state index contributed by atoms with van der Waals surface area (Å²) in [6.07, 6.45) is 2.99. The number of para-hydroxylation sites is 1. The smallest absolute Gasteiger partial charge is 0.0739 e. The van der Waals surface area contributed by atoms with Crippen LogP contribution >= 0.6 is 0 Å². The zero-order valence-electron chi connectivity index (χ0n) is 9.62. The lowest BCUT2D eigenvalue weighted by Gasteiger charge is -2.10. The van der Waals surface area contributed by atoms with Gasteiger partial charge in [-0.05, 0) is 29.5 Å². The van der Waals surface area contributed by atoms with E-state index in [-0.39, 0.29) is 0 Å². The predicted molar refractivity (Wildman–Crippen MR) is 65.2 cm³/mol. The Labute approximate surface area is 91.2 Å². The topological polar surface area (TPSA) is 12.9 Å².